The van der Waals surface area contributed by atoms with Gasteiger partial charge < -0.3 is 15.2 Å². The summed E-state index contributed by atoms with van der Waals surface area (Å²) in [4.78, 5) is 0. The van der Waals surface area contributed by atoms with Crippen LogP contribution in [0.2, 0.25) is 5.02 Å². The van der Waals surface area contributed by atoms with Gasteiger partial charge in [0.25, 0.3) is 0 Å². The summed E-state index contributed by atoms with van der Waals surface area (Å²) in [6.07, 6.45) is 0. The Morgan fingerprint density at radius 2 is 1.86 bits per heavy atom. The van der Waals surface area contributed by atoms with Crippen LogP contribution in [0.4, 0.5) is 0 Å². The summed E-state index contributed by atoms with van der Waals surface area (Å²) in [6, 6.07) is 23.6. The first-order chi connectivity index (χ1) is 17.0. The molecule has 1 aromatic heterocycles. The second-order valence-electron chi connectivity index (χ2n) is 8.49. The fraction of sp³-hybridized carbons (Fsp3) is 0.143. The molecule has 2 heterocycles. The van der Waals surface area contributed by atoms with Crippen LogP contribution in [0.5, 0.6) is 11.6 Å². The monoisotopic (exact) mass is 482 g/mol. The lowest BCUT2D eigenvalue weighted by Crippen LogP contribution is -2.21. The van der Waals surface area contributed by atoms with Crippen LogP contribution < -0.4 is 15.2 Å². The fourth-order valence-corrected chi connectivity index (χ4v) is 4.39. The molecule has 0 spiro atoms. The molecule has 1 atom stereocenters. The van der Waals surface area contributed by atoms with Crippen molar-refractivity contribution in [1.82, 2.24) is 10.2 Å². The van der Waals surface area contributed by atoms with E-state index < -0.39 is 5.92 Å². The van der Waals surface area contributed by atoms with Gasteiger partial charge in [-0.15, -0.1) is 5.10 Å². The van der Waals surface area contributed by atoms with Gasteiger partial charge in [0.15, 0.2) is 0 Å². The summed E-state index contributed by atoms with van der Waals surface area (Å²) in [6.45, 7) is 4.48. The number of H-pyrrole nitrogens is 1. The zero-order valence-corrected chi connectivity index (χ0v) is 20.1. The van der Waals surface area contributed by atoms with Crippen molar-refractivity contribution in [2.24, 2.45) is 5.73 Å². The van der Waals surface area contributed by atoms with Crippen molar-refractivity contribution in [1.29, 1.82) is 5.26 Å². The Morgan fingerprint density at radius 3 is 2.60 bits per heavy atom. The SMILES string of the molecule is Cc1ccc(-c2[nH]nc3c2[C@@H](c2ccccc2OCc2ccc(Cl)cc2)C(C#N)=C(N)O3)cc1C. The number of hydrogen-bond donors (Lipinski definition) is 2. The molecule has 4 aromatic rings. The number of halogens is 1. The third-order valence-corrected chi connectivity index (χ3v) is 6.52. The van der Waals surface area contributed by atoms with E-state index in [9.17, 15) is 5.26 Å². The molecule has 0 saturated carbocycles. The zero-order chi connectivity index (χ0) is 24.5. The molecule has 0 radical (unpaired) electrons. The average Bonchev–Trinajstić information content (AvgIpc) is 3.28. The van der Waals surface area contributed by atoms with Gasteiger partial charge in [0.05, 0.1) is 17.2 Å². The highest BCUT2D eigenvalue weighted by molar-refractivity contribution is 6.30. The van der Waals surface area contributed by atoms with E-state index in [1.54, 1.807) is 0 Å². The minimum absolute atomic E-state index is 0.0376. The lowest BCUT2D eigenvalue weighted by atomic mass is 9.82. The van der Waals surface area contributed by atoms with E-state index in [0.717, 1.165) is 33.5 Å². The third-order valence-electron chi connectivity index (χ3n) is 6.27. The second kappa shape index (κ2) is 9.21. The van der Waals surface area contributed by atoms with Crippen LogP contribution in [0.3, 0.4) is 0 Å². The number of aryl methyl sites for hydroxylation is 2. The number of benzene rings is 3. The number of nitrogens with zero attached hydrogens (tertiary/aromatic N) is 2. The Hall–Kier alpha value is -4.21. The number of nitrogens with two attached hydrogens (primary N) is 1. The molecular formula is C28H23ClN4O2. The molecule has 6 nitrogen and oxygen atoms in total. The smallest absolute Gasteiger partial charge is 0.244 e. The summed E-state index contributed by atoms with van der Waals surface area (Å²) in [7, 11) is 0. The zero-order valence-electron chi connectivity index (χ0n) is 19.3. The number of allylic oxidation sites excluding steroid dienone is 1. The van der Waals surface area contributed by atoms with Gasteiger partial charge in [-0.3, -0.25) is 5.10 Å². The Bertz CT molecular complexity index is 1480. The number of aromatic nitrogens is 2. The van der Waals surface area contributed by atoms with Crippen molar-refractivity contribution < 1.29 is 9.47 Å². The van der Waals surface area contributed by atoms with Gasteiger partial charge in [-0.1, -0.05) is 54.1 Å². The van der Waals surface area contributed by atoms with Gasteiger partial charge >= 0.3 is 0 Å². The van der Waals surface area contributed by atoms with Gasteiger partial charge in [-0.2, -0.15) is 5.26 Å². The van der Waals surface area contributed by atoms with Crippen LogP contribution >= 0.6 is 11.6 Å². The summed E-state index contributed by atoms with van der Waals surface area (Å²) in [5, 5.41) is 18.2. The molecule has 0 amide bonds. The maximum atomic E-state index is 10.1. The lowest BCUT2D eigenvalue weighted by Gasteiger charge is -2.26. The fourth-order valence-electron chi connectivity index (χ4n) is 4.27. The second-order valence-corrected chi connectivity index (χ2v) is 8.93. The van der Waals surface area contributed by atoms with Crippen LogP contribution in [0, 0.1) is 25.2 Å². The average molecular weight is 483 g/mol. The molecule has 7 heteroatoms. The number of hydrogen-bond acceptors (Lipinski definition) is 5. The minimum Gasteiger partial charge on any atom is -0.489 e. The Labute approximate surface area is 208 Å². The standard InChI is InChI=1S/C28H23ClN4O2/c1-16-7-10-19(13-17(16)2)26-25-24(22(14-30)27(31)35-28(25)33-32-26)21-5-3-4-6-23(21)34-15-18-8-11-20(29)12-9-18/h3-13,24H,15,31H2,1-2H3,(H,32,33)/t24-/m0/s1. The van der Waals surface area contributed by atoms with E-state index in [1.807, 2.05) is 54.6 Å². The first-order valence-corrected chi connectivity index (χ1v) is 11.5. The Kier molecular flexibility index (Phi) is 5.94. The number of rotatable bonds is 5. The minimum atomic E-state index is -0.513. The van der Waals surface area contributed by atoms with Crippen molar-refractivity contribution in [3.05, 3.63) is 111 Å². The maximum absolute atomic E-state index is 10.1. The molecular weight excluding hydrogens is 460 g/mol. The molecule has 35 heavy (non-hydrogen) atoms. The normalized spacial score (nSPS) is 14.7. The molecule has 1 aliphatic heterocycles. The van der Waals surface area contributed by atoms with Gasteiger partial charge in [0.1, 0.15) is 24.0 Å². The first-order valence-electron chi connectivity index (χ1n) is 11.2. The molecule has 0 aliphatic carbocycles. The molecule has 3 N–H and O–H groups in total. The molecule has 0 fully saturated rings. The van der Waals surface area contributed by atoms with E-state index in [1.165, 1.54) is 5.56 Å². The highest BCUT2D eigenvalue weighted by Gasteiger charge is 2.37. The van der Waals surface area contributed by atoms with Crippen molar-refractivity contribution in [2.75, 3.05) is 0 Å². The highest BCUT2D eigenvalue weighted by Crippen LogP contribution is 2.48. The lowest BCUT2D eigenvalue weighted by molar-refractivity contribution is 0.301. The molecule has 0 unspecified atom stereocenters. The third kappa shape index (κ3) is 4.23. The summed E-state index contributed by atoms with van der Waals surface area (Å²) >= 11 is 6.01. The van der Waals surface area contributed by atoms with Crippen molar-refractivity contribution in [3.63, 3.8) is 0 Å². The number of nitrogens with one attached hydrogen (secondary N) is 1. The van der Waals surface area contributed by atoms with E-state index in [0.29, 0.717) is 28.8 Å². The number of aromatic amines is 1. The van der Waals surface area contributed by atoms with Gasteiger partial charge in [-0.25, -0.2) is 0 Å². The predicted molar refractivity (Wildman–Crippen MR) is 135 cm³/mol. The largest absolute Gasteiger partial charge is 0.489 e. The molecule has 0 saturated heterocycles. The molecule has 174 valence electrons. The van der Waals surface area contributed by atoms with Crippen LogP contribution in [0.25, 0.3) is 11.3 Å². The van der Waals surface area contributed by atoms with Crippen molar-refractivity contribution in [2.45, 2.75) is 26.4 Å². The van der Waals surface area contributed by atoms with E-state index in [-0.39, 0.29) is 5.88 Å². The van der Waals surface area contributed by atoms with Gasteiger partial charge in [-0.05, 0) is 54.8 Å². The van der Waals surface area contributed by atoms with Crippen molar-refractivity contribution in [3.8, 4) is 29.0 Å². The predicted octanol–water partition coefficient (Wildman–Crippen LogP) is 6.14. The Morgan fingerprint density at radius 1 is 1.09 bits per heavy atom. The van der Waals surface area contributed by atoms with Crippen LogP contribution in [-0.4, -0.2) is 10.2 Å². The highest BCUT2D eigenvalue weighted by atomic mass is 35.5. The summed E-state index contributed by atoms with van der Waals surface area (Å²) in [5.41, 5.74) is 13.1. The number of fused-ring (bicyclic) bond motifs is 1. The van der Waals surface area contributed by atoms with Gasteiger partial charge in [0.2, 0.25) is 11.8 Å². The topological polar surface area (TPSA) is 97.0 Å². The van der Waals surface area contributed by atoms with Crippen molar-refractivity contribution >= 4 is 11.6 Å². The van der Waals surface area contributed by atoms with Crippen LogP contribution in [0.1, 0.15) is 33.7 Å². The molecule has 0 bridgehead atoms. The quantitative estimate of drug-likeness (QED) is 0.356. The van der Waals surface area contributed by atoms with Crippen LogP contribution in [0.15, 0.2) is 78.2 Å². The van der Waals surface area contributed by atoms with Gasteiger partial charge in [0, 0.05) is 16.1 Å². The maximum Gasteiger partial charge on any atom is 0.244 e. The molecule has 3 aromatic carbocycles. The molecule has 5 rings (SSSR count). The van der Waals surface area contributed by atoms with E-state index in [2.05, 4.69) is 42.2 Å². The first kappa shape index (κ1) is 22.6. The summed E-state index contributed by atoms with van der Waals surface area (Å²) < 4.78 is 12.0. The van der Waals surface area contributed by atoms with E-state index >= 15 is 0 Å². The van der Waals surface area contributed by atoms with E-state index in [4.69, 9.17) is 26.8 Å². The summed E-state index contributed by atoms with van der Waals surface area (Å²) in [5.74, 6) is 0.525. The Balaban J connectivity index is 1.61. The number of nitriles is 1. The number of ether oxygens (including phenoxy) is 2. The van der Waals surface area contributed by atoms with Crippen LogP contribution in [-0.2, 0) is 6.61 Å². The number of para-hydroxylation sites is 1. The molecule has 1 aliphatic rings.